The van der Waals surface area contributed by atoms with Gasteiger partial charge in [-0.3, -0.25) is 4.98 Å². The lowest BCUT2D eigenvalue weighted by molar-refractivity contribution is 0.182. The molecule has 3 heteroatoms. The molecular formula is C12H20N2O. The third-order valence-corrected chi connectivity index (χ3v) is 2.38. The number of nitrogens with one attached hydrogen (secondary N) is 1. The SMILES string of the molecule is CCCC(COC)Nc1ccncc1C. The summed E-state index contributed by atoms with van der Waals surface area (Å²) in [6, 6.07) is 2.40. The predicted molar refractivity (Wildman–Crippen MR) is 63.2 cm³/mol. The smallest absolute Gasteiger partial charge is 0.0664 e. The molecule has 84 valence electrons. The molecular weight excluding hydrogens is 188 g/mol. The van der Waals surface area contributed by atoms with Crippen molar-refractivity contribution in [3.05, 3.63) is 24.0 Å². The normalized spacial score (nSPS) is 12.5. The fourth-order valence-electron chi connectivity index (χ4n) is 1.60. The van der Waals surface area contributed by atoms with Gasteiger partial charge in [0, 0.05) is 31.2 Å². The van der Waals surface area contributed by atoms with E-state index >= 15 is 0 Å². The van der Waals surface area contributed by atoms with E-state index in [9.17, 15) is 0 Å². The maximum Gasteiger partial charge on any atom is 0.0664 e. The Morgan fingerprint density at radius 2 is 2.33 bits per heavy atom. The number of anilines is 1. The summed E-state index contributed by atoms with van der Waals surface area (Å²) in [7, 11) is 1.74. The molecule has 0 amide bonds. The van der Waals surface area contributed by atoms with Crippen LogP contribution in [0.15, 0.2) is 18.5 Å². The maximum absolute atomic E-state index is 5.19. The van der Waals surface area contributed by atoms with Crippen LogP contribution in [-0.2, 0) is 4.74 Å². The first-order valence-corrected chi connectivity index (χ1v) is 5.44. The Morgan fingerprint density at radius 1 is 1.53 bits per heavy atom. The molecule has 1 N–H and O–H groups in total. The molecule has 0 aliphatic rings. The van der Waals surface area contributed by atoms with Crippen molar-refractivity contribution in [2.24, 2.45) is 0 Å². The third kappa shape index (κ3) is 3.88. The molecule has 3 nitrogen and oxygen atoms in total. The van der Waals surface area contributed by atoms with E-state index in [-0.39, 0.29) is 0 Å². The van der Waals surface area contributed by atoms with Gasteiger partial charge in [0.1, 0.15) is 0 Å². The van der Waals surface area contributed by atoms with Crippen molar-refractivity contribution in [1.29, 1.82) is 0 Å². The largest absolute Gasteiger partial charge is 0.383 e. The lowest BCUT2D eigenvalue weighted by Gasteiger charge is -2.19. The highest BCUT2D eigenvalue weighted by Gasteiger charge is 2.07. The van der Waals surface area contributed by atoms with Crippen LogP contribution in [0.3, 0.4) is 0 Å². The van der Waals surface area contributed by atoms with E-state index in [1.54, 1.807) is 7.11 Å². The number of rotatable bonds is 6. The van der Waals surface area contributed by atoms with Crippen LogP contribution >= 0.6 is 0 Å². The second-order valence-corrected chi connectivity index (χ2v) is 3.78. The second-order valence-electron chi connectivity index (χ2n) is 3.78. The van der Waals surface area contributed by atoms with E-state index in [1.807, 2.05) is 18.5 Å². The number of aryl methyl sites for hydroxylation is 1. The summed E-state index contributed by atoms with van der Waals surface area (Å²) in [5, 5.41) is 3.48. The number of ether oxygens (including phenoxy) is 1. The van der Waals surface area contributed by atoms with Crippen molar-refractivity contribution in [1.82, 2.24) is 4.98 Å². The third-order valence-electron chi connectivity index (χ3n) is 2.38. The lowest BCUT2D eigenvalue weighted by atomic mass is 10.1. The number of methoxy groups -OCH3 is 1. The monoisotopic (exact) mass is 208 g/mol. The Kier molecular flexibility index (Phi) is 5.12. The summed E-state index contributed by atoms with van der Waals surface area (Å²) in [5.41, 5.74) is 2.33. The van der Waals surface area contributed by atoms with Gasteiger partial charge in [0.15, 0.2) is 0 Å². The molecule has 0 bridgehead atoms. The van der Waals surface area contributed by atoms with Crippen molar-refractivity contribution >= 4 is 5.69 Å². The zero-order valence-electron chi connectivity index (χ0n) is 9.79. The standard InChI is InChI=1S/C12H20N2O/c1-4-5-11(9-15-3)14-12-6-7-13-8-10(12)2/h6-8,11H,4-5,9H2,1-3H3,(H,13,14). The van der Waals surface area contributed by atoms with Crippen LogP contribution in [0.25, 0.3) is 0 Å². The molecule has 1 aromatic rings. The Labute approximate surface area is 91.9 Å². The highest BCUT2D eigenvalue weighted by Crippen LogP contribution is 2.14. The van der Waals surface area contributed by atoms with Crippen molar-refractivity contribution in [2.45, 2.75) is 32.7 Å². The van der Waals surface area contributed by atoms with Gasteiger partial charge >= 0.3 is 0 Å². The summed E-state index contributed by atoms with van der Waals surface area (Å²) in [6.07, 6.45) is 5.96. The number of aromatic nitrogens is 1. The van der Waals surface area contributed by atoms with E-state index in [0.717, 1.165) is 25.1 Å². The summed E-state index contributed by atoms with van der Waals surface area (Å²) in [5.74, 6) is 0. The van der Waals surface area contributed by atoms with E-state index in [4.69, 9.17) is 4.74 Å². The Morgan fingerprint density at radius 3 is 2.93 bits per heavy atom. The van der Waals surface area contributed by atoms with Gasteiger partial charge in [-0.1, -0.05) is 13.3 Å². The zero-order valence-corrected chi connectivity index (χ0v) is 9.79. The van der Waals surface area contributed by atoms with Crippen molar-refractivity contribution in [3.8, 4) is 0 Å². The number of hydrogen-bond acceptors (Lipinski definition) is 3. The number of pyridine rings is 1. The summed E-state index contributed by atoms with van der Waals surface area (Å²) in [4.78, 5) is 4.07. The van der Waals surface area contributed by atoms with E-state index in [2.05, 4.69) is 24.1 Å². The van der Waals surface area contributed by atoms with Gasteiger partial charge in [0.25, 0.3) is 0 Å². The van der Waals surface area contributed by atoms with Gasteiger partial charge in [-0.05, 0) is 25.0 Å². The molecule has 0 saturated carbocycles. The first-order valence-electron chi connectivity index (χ1n) is 5.44. The first kappa shape index (κ1) is 12.0. The van der Waals surface area contributed by atoms with Crippen LogP contribution in [0.5, 0.6) is 0 Å². The van der Waals surface area contributed by atoms with Crippen LogP contribution in [0.4, 0.5) is 5.69 Å². The Hall–Kier alpha value is -1.09. The second kappa shape index (κ2) is 6.40. The van der Waals surface area contributed by atoms with Crippen molar-refractivity contribution in [2.75, 3.05) is 19.0 Å². The molecule has 1 atom stereocenters. The molecule has 0 radical (unpaired) electrons. The summed E-state index contributed by atoms with van der Waals surface area (Å²) >= 11 is 0. The first-order chi connectivity index (χ1) is 7.27. The highest BCUT2D eigenvalue weighted by atomic mass is 16.5. The molecule has 0 spiro atoms. The quantitative estimate of drug-likeness (QED) is 0.780. The topological polar surface area (TPSA) is 34.1 Å². The molecule has 1 unspecified atom stereocenters. The number of hydrogen-bond donors (Lipinski definition) is 1. The summed E-state index contributed by atoms with van der Waals surface area (Å²) in [6.45, 7) is 4.99. The van der Waals surface area contributed by atoms with Crippen LogP contribution in [-0.4, -0.2) is 24.7 Å². The van der Waals surface area contributed by atoms with Gasteiger partial charge in [-0.25, -0.2) is 0 Å². The van der Waals surface area contributed by atoms with Gasteiger partial charge in [-0.15, -0.1) is 0 Å². The van der Waals surface area contributed by atoms with Crippen molar-refractivity contribution < 1.29 is 4.74 Å². The molecule has 0 aromatic carbocycles. The van der Waals surface area contributed by atoms with Crippen LogP contribution in [0.2, 0.25) is 0 Å². The van der Waals surface area contributed by atoms with Gasteiger partial charge < -0.3 is 10.1 Å². The molecule has 1 aromatic heterocycles. The van der Waals surface area contributed by atoms with Gasteiger partial charge in [0.2, 0.25) is 0 Å². The Balaban J connectivity index is 2.60. The lowest BCUT2D eigenvalue weighted by Crippen LogP contribution is -2.25. The highest BCUT2D eigenvalue weighted by molar-refractivity contribution is 5.49. The van der Waals surface area contributed by atoms with Crippen molar-refractivity contribution in [3.63, 3.8) is 0 Å². The molecule has 0 aliphatic heterocycles. The molecule has 1 heterocycles. The zero-order chi connectivity index (χ0) is 11.1. The average molecular weight is 208 g/mol. The molecule has 15 heavy (non-hydrogen) atoms. The molecule has 0 aliphatic carbocycles. The van der Waals surface area contributed by atoms with Gasteiger partial charge in [0.05, 0.1) is 6.61 Å². The Bertz CT molecular complexity index is 283. The number of nitrogens with zero attached hydrogens (tertiary/aromatic N) is 1. The van der Waals surface area contributed by atoms with E-state index in [1.165, 1.54) is 5.56 Å². The van der Waals surface area contributed by atoms with E-state index < -0.39 is 0 Å². The fraction of sp³-hybridized carbons (Fsp3) is 0.583. The minimum atomic E-state index is 0.390. The van der Waals surface area contributed by atoms with Gasteiger partial charge in [-0.2, -0.15) is 0 Å². The summed E-state index contributed by atoms with van der Waals surface area (Å²) < 4.78 is 5.19. The average Bonchev–Trinajstić information content (AvgIpc) is 2.22. The van der Waals surface area contributed by atoms with Crippen LogP contribution in [0.1, 0.15) is 25.3 Å². The maximum atomic E-state index is 5.19. The minimum Gasteiger partial charge on any atom is -0.383 e. The van der Waals surface area contributed by atoms with Crippen LogP contribution < -0.4 is 5.32 Å². The predicted octanol–water partition coefficient (Wildman–Crippen LogP) is 2.62. The molecule has 0 saturated heterocycles. The molecule has 1 rings (SSSR count). The minimum absolute atomic E-state index is 0.390. The fourth-order valence-corrected chi connectivity index (χ4v) is 1.60. The van der Waals surface area contributed by atoms with E-state index in [0.29, 0.717) is 6.04 Å². The molecule has 0 fully saturated rings. The van der Waals surface area contributed by atoms with Crippen LogP contribution in [0, 0.1) is 6.92 Å².